The van der Waals surface area contributed by atoms with E-state index in [0.717, 1.165) is 11.1 Å². The van der Waals surface area contributed by atoms with Crippen molar-refractivity contribution in [3.63, 3.8) is 0 Å². The molecule has 1 N–H and O–H groups in total. The Balaban J connectivity index is 0.000000686. The van der Waals surface area contributed by atoms with Crippen LogP contribution in [0.3, 0.4) is 0 Å². The van der Waals surface area contributed by atoms with Gasteiger partial charge in [0.1, 0.15) is 4.88 Å². The van der Waals surface area contributed by atoms with Crippen LogP contribution in [0, 0.1) is 6.92 Å². The lowest BCUT2D eigenvalue weighted by molar-refractivity contribution is 0.0702. The Morgan fingerprint density at radius 3 is 2.18 bits per heavy atom. The highest BCUT2D eigenvalue weighted by Crippen LogP contribution is 2.25. The molecule has 90 valence electrons. The van der Waals surface area contributed by atoms with Crippen LogP contribution in [0.4, 0.5) is 0 Å². The maximum Gasteiger partial charge on any atom is 0.345 e. The van der Waals surface area contributed by atoms with Gasteiger partial charge in [0.25, 0.3) is 0 Å². The fourth-order valence-corrected chi connectivity index (χ4v) is 2.10. The zero-order valence-corrected chi connectivity index (χ0v) is 11.0. The number of hydrogen-bond donors (Lipinski definition) is 1. The van der Waals surface area contributed by atoms with Crippen molar-refractivity contribution in [3.8, 4) is 11.1 Å². The van der Waals surface area contributed by atoms with Crippen molar-refractivity contribution in [2.24, 2.45) is 0 Å². The summed E-state index contributed by atoms with van der Waals surface area (Å²) in [4.78, 5) is 11.1. The highest BCUT2D eigenvalue weighted by Gasteiger charge is 2.07. The standard InChI is InChI=1S/C12H10O2S.C2H6/c1-8-2-4-9(5-3-8)10-6-11(12(13)14)15-7-10;1-2/h2-7H,1H3,(H,13,14);1-2H3. The highest BCUT2D eigenvalue weighted by atomic mass is 32.1. The van der Waals surface area contributed by atoms with E-state index in [-0.39, 0.29) is 0 Å². The molecule has 0 spiro atoms. The van der Waals surface area contributed by atoms with Gasteiger partial charge in [0.2, 0.25) is 0 Å². The second-order valence-electron chi connectivity index (χ2n) is 3.37. The van der Waals surface area contributed by atoms with E-state index in [0.29, 0.717) is 4.88 Å². The maximum atomic E-state index is 10.7. The first-order valence-electron chi connectivity index (χ1n) is 5.55. The number of carbonyl (C=O) groups is 1. The Hall–Kier alpha value is -1.61. The molecule has 1 aromatic carbocycles. The quantitative estimate of drug-likeness (QED) is 0.852. The van der Waals surface area contributed by atoms with Gasteiger partial charge in [-0.2, -0.15) is 0 Å². The fraction of sp³-hybridized carbons (Fsp3) is 0.214. The van der Waals surface area contributed by atoms with E-state index in [1.807, 2.05) is 50.4 Å². The van der Waals surface area contributed by atoms with Gasteiger partial charge in [-0.25, -0.2) is 4.79 Å². The molecular formula is C14H16O2S. The van der Waals surface area contributed by atoms with Crippen molar-refractivity contribution >= 4 is 17.3 Å². The predicted molar refractivity (Wildman–Crippen MR) is 72.8 cm³/mol. The molecule has 1 aromatic heterocycles. The molecule has 0 amide bonds. The van der Waals surface area contributed by atoms with Crippen LogP contribution in [0.15, 0.2) is 35.7 Å². The first kappa shape index (κ1) is 13.5. The van der Waals surface area contributed by atoms with Gasteiger partial charge in [-0.3, -0.25) is 0 Å². The SMILES string of the molecule is CC.Cc1ccc(-c2csc(C(=O)O)c2)cc1. The van der Waals surface area contributed by atoms with E-state index in [4.69, 9.17) is 5.11 Å². The molecule has 2 rings (SSSR count). The van der Waals surface area contributed by atoms with Crippen LogP contribution in [-0.4, -0.2) is 11.1 Å². The summed E-state index contributed by atoms with van der Waals surface area (Å²) >= 11 is 1.26. The largest absolute Gasteiger partial charge is 0.477 e. The molecule has 0 aliphatic heterocycles. The van der Waals surface area contributed by atoms with E-state index in [2.05, 4.69) is 0 Å². The number of thiophene rings is 1. The summed E-state index contributed by atoms with van der Waals surface area (Å²) in [6, 6.07) is 9.75. The van der Waals surface area contributed by atoms with Crippen LogP contribution in [-0.2, 0) is 0 Å². The van der Waals surface area contributed by atoms with Gasteiger partial charge < -0.3 is 5.11 Å². The maximum absolute atomic E-state index is 10.7. The lowest BCUT2D eigenvalue weighted by Gasteiger charge is -1.97. The summed E-state index contributed by atoms with van der Waals surface area (Å²) in [6.07, 6.45) is 0. The zero-order chi connectivity index (χ0) is 12.8. The van der Waals surface area contributed by atoms with E-state index >= 15 is 0 Å². The van der Waals surface area contributed by atoms with E-state index in [1.54, 1.807) is 6.07 Å². The first-order valence-corrected chi connectivity index (χ1v) is 6.43. The van der Waals surface area contributed by atoms with Crippen molar-refractivity contribution in [1.82, 2.24) is 0 Å². The summed E-state index contributed by atoms with van der Waals surface area (Å²) in [6.45, 7) is 6.03. The van der Waals surface area contributed by atoms with Crippen LogP contribution < -0.4 is 0 Å². The van der Waals surface area contributed by atoms with Gasteiger partial charge in [0.15, 0.2) is 0 Å². The molecule has 0 unspecified atom stereocenters. The third-order valence-electron chi connectivity index (χ3n) is 2.20. The van der Waals surface area contributed by atoms with Gasteiger partial charge in [-0.15, -0.1) is 11.3 Å². The van der Waals surface area contributed by atoms with Gasteiger partial charge in [-0.05, 0) is 29.5 Å². The molecule has 0 bridgehead atoms. The van der Waals surface area contributed by atoms with Gasteiger partial charge in [0.05, 0.1) is 0 Å². The van der Waals surface area contributed by atoms with Crippen molar-refractivity contribution in [1.29, 1.82) is 0 Å². The molecule has 0 atom stereocenters. The Bertz CT molecular complexity index is 483. The van der Waals surface area contributed by atoms with Crippen molar-refractivity contribution in [3.05, 3.63) is 46.2 Å². The second kappa shape index (κ2) is 6.21. The number of benzene rings is 1. The van der Waals surface area contributed by atoms with E-state index in [1.165, 1.54) is 16.9 Å². The fourth-order valence-electron chi connectivity index (χ4n) is 1.35. The number of aromatic carboxylic acids is 1. The Morgan fingerprint density at radius 2 is 1.71 bits per heavy atom. The topological polar surface area (TPSA) is 37.3 Å². The van der Waals surface area contributed by atoms with Crippen LogP contribution in [0.2, 0.25) is 0 Å². The normalized spacial score (nSPS) is 9.35. The smallest absolute Gasteiger partial charge is 0.345 e. The number of hydrogen-bond acceptors (Lipinski definition) is 2. The van der Waals surface area contributed by atoms with Gasteiger partial charge in [-0.1, -0.05) is 43.7 Å². The van der Waals surface area contributed by atoms with Crippen molar-refractivity contribution in [2.75, 3.05) is 0 Å². The number of carboxylic acid groups (broad SMARTS) is 1. The lowest BCUT2D eigenvalue weighted by Crippen LogP contribution is -1.89. The molecule has 0 fully saturated rings. The van der Waals surface area contributed by atoms with Crippen LogP contribution >= 0.6 is 11.3 Å². The first-order chi connectivity index (χ1) is 8.16. The average Bonchev–Trinajstić information content (AvgIpc) is 2.82. The van der Waals surface area contributed by atoms with E-state index < -0.39 is 5.97 Å². The van der Waals surface area contributed by atoms with Gasteiger partial charge >= 0.3 is 5.97 Å². The predicted octanol–water partition coefficient (Wildman–Crippen LogP) is 4.45. The molecule has 0 saturated heterocycles. The summed E-state index contributed by atoms with van der Waals surface area (Å²) in [5.41, 5.74) is 3.23. The molecule has 1 heterocycles. The van der Waals surface area contributed by atoms with Crippen molar-refractivity contribution in [2.45, 2.75) is 20.8 Å². The van der Waals surface area contributed by atoms with Crippen LogP contribution in [0.1, 0.15) is 29.1 Å². The third-order valence-corrected chi connectivity index (χ3v) is 3.11. The Kier molecular flexibility index (Phi) is 4.91. The molecule has 0 radical (unpaired) electrons. The summed E-state index contributed by atoms with van der Waals surface area (Å²) in [5.74, 6) is -0.863. The second-order valence-corrected chi connectivity index (χ2v) is 4.28. The zero-order valence-electron chi connectivity index (χ0n) is 10.2. The van der Waals surface area contributed by atoms with Crippen molar-refractivity contribution < 1.29 is 9.90 Å². The molecule has 17 heavy (non-hydrogen) atoms. The Labute approximate surface area is 106 Å². The molecule has 0 saturated carbocycles. The number of rotatable bonds is 2. The molecule has 3 heteroatoms. The average molecular weight is 248 g/mol. The highest BCUT2D eigenvalue weighted by molar-refractivity contribution is 7.12. The van der Waals surface area contributed by atoms with Crippen LogP contribution in [0.5, 0.6) is 0 Å². The third kappa shape index (κ3) is 3.43. The van der Waals surface area contributed by atoms with Gasteiger partial charge in [0, 0.05) is 0 Å². The summed E-state index contributed by atoms with van der Waals surface area (Å²) in [5, 5.41) is 10.7. The number of aryl methyl sites for hydroxylation is 1. The minimum Gasteiger partial charge on any atom is -0.477 e. The molecule has 0 aliphatic carbocycles. The number of carboxylic acids is 1. The molecular weight excluding hydrogens is 232 g/mol. The summed E-state index contributed by atoms with van der Waals surface area (Å²) < 4.78 is 0. The minimum atomic E-state index is -0.863. The minimum absolute atomic E-state index is 0.380. The summed E-state index contributed by atoms with van der Waals surface area (Å²) in [7, 11) is 0. The molecule has 2 nitrogen and oxygen atoms in total. The molecule has 0 aliphatic rings. The van der Waals surface area contributed by atoms with E-state index in [9.17, 15) is 4.79 Å². The Morgan fingerprint density at radius 1 is 1.12 bits per heavy atom. The van der Waals surface area contributed by atoms with Crippen LogP contribution in [0.25, 0.3) is 11.1 Å². The molecule has 2 aromatic rings. The monoisotopic (exact) mass is 248 g/mol. The lowest BCUT2D eigenvalue weighted by atomic mass is 10.1.